The summed E-state index contributed by atoms with van der Waals surface area (Å²) in [5.41, 5.74) is 7.52. The van der Waals surface area contributed by atoms with Gasteiger partial charge in [-0.15, -0.1) is 0 Å². The maximum Gasteiger partial charge on any atom is 0.223 e. The van der Waals surface area contributed by atoms with Crippen LogP contribution in [0.3, 0.4) is 0 Å². The molecule has 0 radical (unpaired) electrons. The van der Waals surface area contributed by atoms with Crippen LogP contribution in [0.2, 0.25) is 0 Å². The smallest absolute Gasteiger partial charge is 0.223 e. The van der Waals surface area contributed by atoms with Crippen LogP contribution in [0.15, 0.2) is 48.7 Å². The minimum Gasteiger partial charge on any atom is -0.477 e. The SMILES string of the molecule is NC(=S)c1cccnc1OCCc1ccccc1. The van der Waals surface area contributed by atoms with Crippen molar-refractivity contribution in [3.05, 3.63) is 59.8 Å². The highest BCUT2D eigenvalue weighted by Gasteiger charge is 2.06. The van der Waals surface area contributed by atoms with Gasteiger partial charge < -0.3 is 10.5 Å². The molecule has 0 amide bonds. The maximum atomic E-state index is 5.62. The molecule has 2 N–H and O–H groups in total. The van der Waals surface area contributed by atoms with Crippen molar-refractivity contribution in [2.75, 3.05) is 6.61 Å². The van der Waals surface area contributed by atoms with E-state index in [0.29, 0.717) is 23.0 Å². The van der Waals surface area contributed by atoms with E-state index in [1.165, 1.54) is 5.56 Å². The monoisotopic (exact) mass is 258 g/mol. The second-order valence-corrected chi connectivity index (χ2v) is 4.24. The molecule has 0 unspecified atom stereocenters. The van der Waals surface area contributed by atoms with Crippen LogP contribution < -0.4 is 10.5 Å². The average Bonchev–Trinajstić information content (AvgIpc) is 2.40. The number of aromatic nitrogens is 1. The second-order valence-electron chi connectivity index (χ2n) is 3.80. The lowest BCUT2D eigenvalue weighted by molar-refractivity contribution is 0.309. The van der Waals surface area contributed by atoms with Gasteiger partial charge in [0, 0.05) is 12.6 Å². The molecule has 2 rings (SSSR count). The molecule has 0 bridgehead atoms. The van der Waals surface area contributed by atoms with Crippen molar-refractivity contribution in [3.63, 3.8) is 0 Å². The lowest BCUT2D eigenvalue weighted by Gasteiger charge is -2.08. The van der Waals surface area contributed by atoms with Gasteiger partial charge in [-0.3, -0.25) is 0 Å². The molecule has 1 aromatic carbocycles. The topological polar surface area (TPSA) is 48.1 Å². The van der Waals surface area contributed by atoms with Crippen molar-refractivity contribution in [1.29, 1.82) is 0 Å². The number of hydrogen-bond acceptors (Lipinski definition) is 3. The Morgan fingerprint density at radius 2 is 1.94 bits per heavy atom. The van der Waals surface area contributed by atoms with E-state index in [-0.39, 0.29) is 0 Å². The summed E-state index contributed by atoms with van der Waals surface area (Å²) in [7, 11) is 0. The molecule has 3 nitrogen and oxygen atoms in total. The summed E-state index contributed by atoms with van der Waals surface area (Å²) in [5, 5.41) is 0. The molecule has 4 heteroatoms. The number of hydrogen-bond donors (Lipinski definition) is 1. The molecular formula is C14H14N2OS. The molecule has 0 aliphatic carbocycles. The Kier molecular flexibility index (Phi) is 4.25. The normalized spacial score (nSPS) is 10.0. The van der Waals surface area contributed by atoms with Gasteiger partial charge in [-0.1, -0.05) is 42.5 Å². The standard InChI is InChI=1S/C14H14N2OS/c15-13(18)12-7-4-9-16-14(12)17-10-8-11-5-2-1-3-6-11/h1-7,9H,8,10H2,(H2,15,18). The summed E-state index contributed by atoms with van der Waals surface area (Å²) in [4.78, 5) is 4.44. The summed E-state index contributed by atoms with van der Waals surface area (Å²) < 4.78 is 5.62. The predicted octanol–water partition coefficient (Wildman–Crippen LogP) is 2.34. The molecule has 0 aliphatic rings. The molecule has 0 aliphatic heterocycles. The van der Waals surface area contributed by atoms with Crippen LogP contribution in [-0.2, 0) is 6.42 Å². The number of ether oxygens (including phenoxy) is 1. The third-order valence-corrected chi connectivity index (χ3v) is 2.73. The zero-order valence-electron chi connectivity index (χ0n) is 9.87. The quantitative estimate of drug-likeness (QED) is 0.836. The van der Waals surface area contributed by atoms with Crippen LogP contribution in [0.5, 0.6) is 5.88 Å². The largest absolute Gasteiger partial charge is 0.477 e. The summed E-state index contributed by atoms with van der Waals surface area (Å²) in [6.45, 7) is 0.552. The number of thiocarbonyl (C=S) groups is 1. The first-order valence-electron chi connectivity index (χ1n) is 5.69. The molecule has 0 fully saturated rings. The fourth-order valence-corrected chi connectivity index (χ4v) is 1.76. The first-order chi connectivity index (χ1) is 8.77. The zero-order valence-corrected chi connectivity index (χ0v) is 10.7. The minimum absolute atomic E-state index is 0.304. The number of rotatable bonds is 5. The van der Waals surface area contributed by atoms with Gasteiger partial charge in [0.1, 0.15) is 4.99 Å². The lowest BCUT2D eigenvalue weighted by Crippen LogP contribution is -2.13. The third-order valence-electron chi connectivity index (χ3n) is 2.51. The first-order valence-corrected chi connectivity index (χ1v) is 6.10. The van der Waals surface area contributed by atoms with Crippen LogP contribution >= 0.6 is 12.2 Å². The van der Waals surface area contributed by atoms with E-state index >= 15 is 0 Å². The lowest BCUT2D eigenvalue weighted by atomic mass is 10.2. The maximum absolute atomic E-state index is 5.62. The van der Waals surface area contributed by atoms with Crippen molar-refractivity contribution >= 4 is 17.2 Å². The molecular weight excluding hydrogens is 244 g/mol. The number of nitrogens with zero attached hydrogens (tertiary/aromatic N) is 1. The summed E-state index contributed by atoms with van der Waals surface area (Å²) in [5.74, 6) is 0.501. The van der Waals surface area contributed by atoms with Gasteiger partial charge in [0.05, 0.1) is 12.2 Å². The first kappa shape index (κ1) is 12.5. The fraction of sp³-hybridized carbons (Fsp3) is 0.143. The zero-order chi connectivity index (χ0) is 12.8. The van der Waals surface area contributed by atoms with Crippen molar-refractivity contribution < 1.29 is 4.74 Å². The fourth-order valence-electron chi connectivity index (χ4n) is 1.60. The van der Waals surface area contributed by atoms with Gasteiger partial charge in [0.25, 0.3) is 0 Å². The van der Waals surface area contributed by atoms with Crippen LogP contribution in [0.1, 0.15) is 11.1 Å². The Labute approximate surface area is 112 Å². The predicted molar refractivity (Wildman–Crippen MR) is 75.8 cm³/mol. The Bertz CT molecular complexity index is 528. The molecule has 1 heterocycles. The molecule has 1 aromatic heterocycles. The second kappa shape index (κ2) is 6.12. The summed E-state index contributed by atoms with van der Waals surface area (Å²) in [6.07, 6.45) is 2.49. The molecule has 0 saturated heterocycles. The highest BCUT2D eigenvalue weighted by Crippen LogP contribution is 2.14. The average molecular weight is 258 g/mol. The Morgan fingerprint density at radius 1 is 1.17 bits per heavy atom. The van der Waals surface area contributed by atoms with Crippen molar-refractivity contribution in [3.8, 4) is 5.88 Å². The highest BCUT2D eigenvalue weighted by molar-refractivity contribution is 7.80. The van der Waals surface area contributed by atoms with Gasteiger partial charge in [0.2, 0.25) is 5.88 Å². The van der Waals surface area contributed by atoms with E-state index in [2.05, 4.69) is 17.1 Å². The molecule has 2 aromatic rings. The highest BCUT2D eigenvalue weighted by atomic mass is 32.1. The Morgan fingerprint density at radius 3 is 2.67 bits per heavy atom. The van der Waals surface area contributed by atoms with E-state index in [9.17, 15) is 0 Å². The Hall–Kier alpha value is -1.94. The number of benzene rings is 1. The van der Waals surface area contributed by atoms with E-state index < -0.39 is 0 Å². The summed E-state index contributed by atoms with van der Waals surface area (Å²) >= 11 is 4.95. The third kappa shape index (κ3) is 3.28. The Balaban J connectivity index is 1.97. The molecule has 0 atom stereocenters. The van der Waals surface area contributed by atoms with Crippen molar-refractivity contribution in [2.24, 2.45) is 5.73 Å². The van der Waals surface area contributed by atoms with Gasteiger partial charge in [0.15, 0.2) is 0 Å². The number of pyridine rings is 1. The van der Waals surface area contributed by atoms with Crippen LogP contribution in [0.4, 0.5) is 0 Å². The van der Waals surface area contributed by atoms with E-state index in [4.69, 9.17) is 22.7 Å². The van der Waals surface area contributed by atoms with Crippen LogP contribution in [0.25, 0.3) is 0 Å². The van der Waals surface area contributed by atoms with E-state index in [0.717, 1.165) is 6.42 Å². The van der Waals surface area contributed by atoms with Crippen molar-refractivity contribution in [2.45, 2.75) is 6.42 Å². The van der Waals surface area contributed by atoms with Gasteiger partial charge in [-0.25, -0.2) is 4.98 Å². The molecule has 0 saturated carbocycles. The van der Waals surface area contributed by atoms with E-state index in [1.807, 2.05) is 24.3 Å². The molecule has 92 valence electrons. The minimum atomic E-state index is 0.304. The molecule has 0 spiro atoms. The van der Waals surface area contributed by atoms with Gasteiger partial charge in [-0.2, -0.15) is 0 Å². The van der Waals surface area contributed by atoms with E-state index in [1.54, 1.807) is 12.3 Å². The summed E-state index contributed by atoms with van der Waals surface area (Å²) in [6, 6.07) is 13.7. The molecule has 18 heavy (non-hydrogen) atoms. The van der Waals surface area contributed by atoms with Crippen LogP contribution in [-0.4, -0.2) is 16.6 Å². The number of nitrogens with two attached hydrogens (primary N) is 1. The van der Waals surface area contributed by atoms with Gasteiger partial charge >= 0.3 is 0 Å². The van der Waals surface area contributed by atoms with Gasteiger partial charge in [-0.05, 0) is 17.7 Å². The van der Waals surface area contributed by atoms with Crippen molar-refractivity contribution in [1.82, 2.24) is 4.98 Å². The van der Waals surface area contributed by atoms with Crippen LogP contribution in [0, 0.1) is 0 Å².